The predicted molar refractivity (Wildman–Crippen MR) is 53.1 cm³/mol. The van der Waals surface area contributed by atoms with Gasteiger partial charge in [-0.05, 0) is 17.0 Å². The largest absolute Gasteiger partial charge is 0.312 e. The van der Waals surface area contributed by atoms with Gasteiger partial charge in [0.2, 0.25) is 0 Å². The Balaban J connectivity index is 2.89. The Labute approximate surface area is 79.0 Å². The van der Waals surface area contributed by atoms with Crippen LogP contribution in [-0.2, 0) is 0 Å². The average Bonchev–Trinajstić information content (AvgIpc) is 2.17. The average molecular weight is 174 g/mol. The smallest absolute Gasteiger partial charge is 0.118 e. The molecule has 0 aliphatic rings. The van der Waals surface area contributed by atoms with E-state index in [9.17, 15) is 0 Å². The maximum absolute atomic E-state index is 8.59. The molecule has 0 saturated heterocycles. The first-order valence-corrected chi connectivity index (χ1v) is 4.40. The van der Waals surface area contributed by atoms with Crippen LogP contribution >= 0.6 is 0 Å². The highest BCUT2D eigenvalue weighted by molar-refractivity contribution is 5.29. The monoisotopic (exact) mass is 174 g/mol. The number of nitrogens with two attached hydrogens (primary N) is 1. The molecule has 0 aromatic heterocycles. The Bertz CT molecular complexity index is 306. The molecule has 1 atom stereocenters. The van der Waals surface area contributed by atoms with E-state index in [1.807, 2.05) is 30.3 Å². The van der Waals surface area contributed by atoms with Crippen LogP contribution in [0.2, 0.25) is 0 Å². The second-order valence-corrected chi connectivity index (χ2v) is 3.43. The van der Waals surface area contributed by atoms with Crippen molar-refractivity contribution in [1.29, 1.82) is 5.26 Å². The van der Waals surface area contributed by atoms with Crippen LogP contribution in [0, 0.1) is 11.3 Å². The van der Waals surface area contributed by atoms with Gasteiger partial charge in [-0.2, -0.15) is 5.26 Å². The fourth-order valence-corrected chi connectivity index (χ4v) is 1.16. The Morgan fingerprint density at radius 1 is 1.15 bits per heavy atom. The lowest BCUT2D eigenvalue weighted by Crippen LogP contribution is -2.06. The van der Waals surface area contributed by atoms with Gasteiger partial charge in [-0.3, -0.25) is 0 Å². The second kappa shape index (κ2) is 4.06. The summed E-state index contributed by atoms with van der Waals surface area (Å²) in [6.45, 7) is 4.28. The number of nitrogens with zero attached hydrogens (tertiary/aromatic N) is 1. The summed E-state index contributed by atoms with van der Waals surface area (Å²) in [6, 6.07) is 9.40. The molecule has 0 aliphatic carbocycles. The summed E-state index contributed by atoms with van der Waals surface area (Å²) in [5, 5.41) is 8.59. The Hall–Kier alpha value is -1.33. The van der Waals surface area contributed by atoms with Crippen LogP contribution in [0.15, 0.2) is 24.3 Å². The van der Waals surface area contributed by atoms with Gasteiger partial charge in [0.05, 0.1) is 6.07 Å². The molecule has 2 heteroatoms. The van der Waals surface area contributed by atoms with Gasteiger partial charge in [-0.15, -0.1) is 0 Å². The van der Waals surface area contributed by atoms with Crippen molar-refractivity contribution < 1.29 is 0 Å². The quantitative estimate of drug-likeness (QED) is 0.748. The topological polar surface area (TPSA) is 49.8 Å². The lowest BCUT2D eigenvalue weighted by atomic mass is 10.00. The van der Waals surface area contributed by atoms with Crippen LogP contribution in [0.3, 0.4) is 0 Å². The molecular formula is C11H14N2. The van der Waals surface area contributed by atoms with Crippen molar-refractivity contribution in [3.05, 3.63) is 35.4 Å². The molecular weight excluding hydrogens is 160 g/mol. The molecule has 0 aliphatic heterocycles. The molecule has 0 radical (unpaired) electrons. The number of rotatable bonds is 2. The van der Waals surface area contributed by atoms with Crippen LogP contribution < -0.4 is 5.73 Å². The number of benzene rings is 1. The van der Waals surface area contributed by atoms with Crippen molar-refractivity contribution in [2.45, 2.75) is 25.8 Å². The van der Waals surface area contributed by atoms with E-state index in [1.54, 1.807) is 0 Å². The number of nitriles is 1. The third-order valence-corrected chi connectivity index (χ3v) is 2.10. The van der Waals surface area contributed by atoms with Crippen molar-refractivity contribution in [3.8, 4) is 6.07 Å². The molecule has 0 heterocycles. The standard InChI is InChI=1S/C11H14N2/c1-8(2)9-3-5-10(6-4-9)11(13)7-12/h3-6,8,11H,13H2,1-2H3. The van der Waals surface area contributed by atoms with E-state index in [-0.39, 0.29) is 0 Å². The zero-order valence-corrected chi connectivity index (χ0v) is 7.99. The summed E-state index contributed by atoms with van der Waals surface area (Å²) in [6.07, 6.45) is 0. The predicted octanol–water partition coefficient (Wildman–Crippen LogP) is 2.33. The molecule has 0 fully saturated rings. The highest BCUT2D eigenvalue weighted by Gasteiger charge is 2.04. The summed E-state index contributed by atoms with van der Waals surface area (Å²) in [7, 11) is 0. The minimum atomic E-state index is -0.499. The molecule has 2 N–H and O–H groups in total. The van der Waals surface area contributed by atoms with Gasteiger partial charge in [-0.25, -0.2) is 0 Å². The van der Waals surface area contributed by atoms with E-state index in [0.717, 1.165) is 5.56 Å². The molecule has 0 amide bonds. The van der Waals surface area contributed by atoms with Gasteiger partial charge in [0, 0.05) is 0 Å². The minimum Gasteiger partial charge on any atom is -0.312 e. The third-order valence-electron chi connectivity index (χ3n) is 2.10. The van der Waals surface area contributed by atoms with Crippen LogP contribution in [0.1, 0.15) is 36.9 Å². The maximum Gasteiger partial charge on any atom is 0.118 e. The molecule has 0 spiro atoms. The summed E-state index contributed by atoms with van der Waals surface area (Å²) in [5.74, 6) is 0.521. The molecule has 1 unspecified atom stereocenters. The van der Waals surface area contributed by atoms with Crippen LogP contribution in [0.4, 0.5) is 0 Å². The second-order valence-electron chi connectivity index (χ2n) is 3.43. The fourth-order valence-electron chi connectivity index (χ4n) is 1.16. The maximum atomic E-state index is 8.59. The lowest BCUT2D eigenvalue weighted by Gasteiger charge is -2.07. The van der Waals surface area contributed by atoms with E-state index in [0.29, 0.717) is 5.92 Å². The molecule has 13 heavy (non-hydrogen) atoms. The Kier molecular flexibility index (Phi) is 3.05. The third kappa shape index (κ3) is 2.30. The SMILES string of the molecule is CC(C)c1ccc(C(N)C#N)cc1. The van der Waals surface area contributed by atoms with Crippen molar-refractivity contribution in [2.24, 2.45) is 5.73 Å². The van der Waals surface area contributed by atoms with Gasteiger partial charge < -0.3 is 5.73 Å². The van der Waals surface area contributed by atoms with Gasteiger partial charge in [0.1, 0.15) is 6.04 Å². The van der Waals surface area contributed by atoms with E-state index in [2.05, 4.69) is 13.8 Å². The molecule has 2 nitrogen and oxygen atoms in total. The Morgan fingerprint density at radius 3 is 2.00 bits per heavy atom. The highest BCUT2D eigenvalue weighted by Crippen LogP contribution is 2.17. The van der Waals surface area contributed by atoms with Gasteiger partial charge >= 0.3 is 0 Å². The number of hydrogen-bond donors (Lipinski definition) is 1. The molecule has 68 valence electrons. The number of hydrogen-bond acceptors (Lipinski definition) is 2. The first-order chi connectivity index (χ1) is 6.15. The van der Waals surface area contributed by atoms with E-state index >= 15 is 0 Å². The van der Waals surface area contributed by atoms with Crippen molar-refractivity contribution in [3.63, 3.8) is 0 Å². The van der Waals surface area contributed by atoms with E-state index < -0.39 is 6.04 Å². The van der Waals surface area contributed by atoms with Crippen molar-refractivity contribution in [2.75, 3.05) is 0 Å². The summed E-state index contributed by atoms with van der Waals surface area (Å²) >= 11 is 0. The highest BCUT2D eigenvalue weighted by atomic mass is 14.6. The summed E-state index contributed by atoms with van der Waals surface area (Å²) < 4.78 is 0. The van der Waals surface area contributed by atoms with Crippen molar-refractivity contribution >= 4 is 0 Å². The molecule has 0 saturated carbocycles. The Morgan fingerprint density at radius 2 is 1.62 bits per heavy atom. The summed E-state index contributed by atoms with van der Waals surface area (Å²) in [5.41, 5.74) is 7.71. The summed E-state index contributed by atoms with van der Waals surface area (Å²) in [4.78, 5) is 0. The van der Waals surface area contributed by atoms with Crippen molar-refractivity contribution in [1.82, 2.24) is 0 Å². The first kappa shape index (κ1) is 9.76. The van der Waals surface area contributed by atoms with Crippen LogP contribution in [0.25, 0.3) is 0 Å². The van der Waals surface area contributed by atoms with Gasteiger partial charge in [0.15, 0.2) is 0 Å². The zero-order valence-electron chi connectivity index (χ0n) is 7.99. The van der Waals surface area contributed by atoms with Crippen LogP contribution in [-0.4, -0.2) is 0 Å². The first-order valence-electron chi connectivity index (χ1n) is 4.40. The molecule has 1 rings (SSSR count). The zero-order chi connectivity index (χ0) is 9.84. The molecule has 0 bridgehead atoms. The van der Waals surface area contributed by atoms with E-state index in [4.69, 9.17) is 11.0 Å². The molecule has 1 aromatic rings. The minimum absolute atomic E-state index is 0.499. The van der Waals surface area contributed by atoms with E-state index in [1.165, 1.54) is 5.56 Å². The van der Waals surface area contributed by atoms with Crippen LogP contribution in [0.5, 0.6) is 0 Å². The van der Waals surface area contributed by atoms with Gasteiger partial charge in [-0.1, -0.05) is 38.1 Å². The van der Waals surface area contributed by atoms with Gasteiger partial charge in [0.25, 0.3) is 0 Å². The fraction of sp³-hybridized carbons (Fsp3) is 0.364. The molecule has 1 aromatic carbocycles. The normalized spacial score (nSPS) is 12.5. The lowest BCUT2D eigenvalue weighted by molar-refractivity contribution is 0.859.